The van der Waals surface area contributed by atoms with E-state index in [1.54, 1.807) is 24.3 Å². The molecule has 3 rings (SSSR count). The second-order valence-corrected chi connectivity index (χ2v) is 6.10. The zero-order chi connectivity index (χ0) is 16.9. The van der Waals surface area contributed by atoms with Crippen LogP contribution in [0.1, 0.15) is 42.5 Å². The lowest BCUT2D eigenvalue weighted by Gasteiger charge is -2.14. The standard InChI is InChI=1S/C18H21N3O3/c22-16-12-21(18(24)20-16)15-8-6-14(7-9-15)17(23)19-11-10-13-4-2-1-3-5-13/h4,6-9H,1-3,5,10-12H2,(H,19,23)(H,20,22,24). The molecule has 2 aliphatic rings. The minimum Gasteiger partial charge on any atom is -0.352 e. The lowest BCUT2D eigenvalue weighted by molar-refractivity contribution is -0.117. The van der Waals surface area contributed by atoms with Crippen molar-refractivity contribution < 1.29 is 14.4 Å². The van der Waals surface area contributed by atoms with Crippen LogP contribution in [0.3, 0.4) is 0 Å². The first kappa shape index (κ1) is 16.2. The molecule has 0 spiro atoms. The predicted octanol–water partition coefficient (Wildman–Crippen LogP) is 2.36. The van der Waals surface area contributed by atoms with Gasteiger partial charge in [-0.2, -0.15) is 0 Å². The molecule has 0 saturated carbocycles. The van der Waals surface area contributed by atoms with Crippen LogP contribution in [0.2, 0.25) is 0 Å². The highest BCUT2D eigenvalue weighted by Crippen LogP contribution is 2.20. The number of allylic oxidation sites excluding steroid dienone is 1. The Morgan fingerprint density at radius 2 is 1.96 bits per heavy atom. The highest BCUT2D eigenvalue weighted by Gasteiger charge is 2.27. The van der Waals surface area contributed by atoms with Crippen molar-refractivity contribution in [3.8, 4) is 0 Å². The average Bonchev–Trinajstić information content (AvgIpc) is 2.94. The Morgan fingerprint density at radius 1 is 1.17 bits per heavy atom. The molecule has 6 nitrogen and oxygen atoms in total. The van der Waals surface area contributed by atoms with Crippen LogP contribution in [0.15, 0.2) is 35.9 Å². The first-order valence-corrected chi connectivity index (χ1v) is 8.31. The molecule has 1 fully saturated rings. The minimum absolute atomic E-state index is 0.0134. The third-order valence-electron chi connectivity index (χ3n) is 4.35. The maximum absolute atomic E-state index is 12.2. The number of carbonyl (C=O) groups is 3. The van der Waals surface area contributed by atoms with E-state index in [0.29, 0.717) is 17.8 Å². The Labute approximate surface area is 140 Å². The van der Waals surface area contributed by atoms with E-state index in [1.807, 2.05) is 0 Å². The van der Waals surface area contributed by atoms with Crippen LogP contribution in [0.25, 0.3) is 0 Å². The summed E-state index contributed by atoms with van der Waals surface area (Å²) in [6, 6.07) is 6.26. The van der Waals surface area contributed by atoms with Crippen molar-refractivity contribution in [2.75, 3.05) is 18.0 Å². The van der Waals surface area contributed by atoms with Crippen LogP contribution < -0.4 is 15.5 Å². The van der Waals surface area contributed by atoms with Crippen LogP contribution >= 0.6 is 0 Å². The van der Waals surface area contributed by atoms with E-state index >= 15 is 0 Å². The Balaban J connectivity index is 1.53. The summed E-state index contributed by atoms with van der Waals surface area (Å²) in [7, 11) is 0. The van der Waals surface area contributed by atoms with Gasteiger partial charge in [0, 0.05) is 17.8 Å². The van der Waals surface area contributed by atoms with Gasteiger partial charge in [0.25, 0.3) is 5.91 Å². The predicted molar refractivity (Wildman–Crippen MR) is 90.8 cm³/mol. The van der Waals surface area contributed by atoms with Crippen molar-refractivity contribution in [1.29, 1.82) is 0 Å². The molecular formula is C18H21N3O3. The first-order valence-electron chi connectivity index (χ1n) is 8.31. The summed E-state index contributed by atoms with van der Waals surface area (Å²) in [6.45, 7) is 0.648. The first-order chi connectivity index (χ1) is 11.6. The second kappa shape index (κ2) is 7.29. The Bertz CT molecular complexity index is 679. The van der Waals surface area contributed by atoms with Gasteiger partial charge >= 0.3 is 6.03 Å². The Hall–Kier alpha value is -2.63. The van der Waals surface area contributed by atoms with E-state index in [9.17, 15) is 14.4 Å². The third kappa shape index (κ3) is 3.82. The topological polar surface area (TPSA) is 78.5 Å². The highest BCUT2D eigenvalue weighted by atomic mass is 16.2. The van der Waals surface area contributed by atoms with Crippen molar-refractivity contribution in [1.82, 2.24) is 10.6 Å². The number of carbonyl (C=O) groups excluding carboxylic acids is 3. The quantitative estimate of drug-likeness (QED) is 0.644. The number of hydrogen-bond acceptors (Lipinski definition) is 3. The van der Waals surface area contributed by atoms with Gasteiger partial charge in [-0.15, -0.1) is 0 Å². The average molecular weight is 327 g/mol. The smallest absolute Gasteiger partial charge is 0.329 e. The van der Waals surface area contributed by atoms with Gasteiger partial charge in [0.15, 0.2) is 0 Å². The normalized spacial score (nSPS) is 17.5. The number of rotatable bonds is 5. The summed E-state index contributed by atoms with van der Waals surface area (Å²) < 4.78 is 0. The maximum Gasteiger partial charge on any atom is 0.329 e. The summed E-state index contributed by atoms with van der Waals surface area (Å²) in [5, 5.41) is 5.15. The molecule has 0 radical (unpaired) electrons. The molecule has 0 aromatic heterocycles. The molecular weight excluding hydrogens is 306 g/mol. The van der Waals surface area contributed by atoms with Gasteiger partial charge in [-0.1, -0.05) is 11.6 Å². The van der Waals surface area contributed by atoms with Crippen molar-refractivity contribution >= 4 is 23.5 Å². The number of anilines is 1. The monoisotopic (exact) mass is 327 g/mol. The minimum atomic E-state index is -0.432. The zero-order valence-corrected chi connectivity index (χ0v) is 13.5. The van der Waals surface area contributed by atoms with E-state index in [0.717, 1.165) is 19.3 Å². The van der Waals surface area contributed by atoms with Crippen LogP contribution in [-0.2, 0) is 4.79 Å². The van der Waals surface area contributed by atoms with E-state index in [-0.39, 0.29) is 18.4 Å². The highest BCUT2D eigenvalue weighted by molar-refractivity contribution is 6.12. The van der Waals surface area contributed by atoms with Crippen LogP contribution in [-0.4, -0.2) is 30.9 Å². The second-order valence-electron chi connectivity index (χ2n) is 6.10. The van der Waals surface area contributed by atoms with E-state index < -0.39 is 6.03 Å². The number of urea groups is 1. The number of imide groups is 1. The summed E-state index contributed by atoms with van der Waals surface area (Å²) in [4.78, 5) is 36.3. The Kier molecular flexibility index (Phi) is 4.93. The van der Waals surface area contributed by atoms with Crippen molar-refractivity contribution in [2.45, 2.75) is 32.1 Å². The molecule has 1 aromatic rings. The zero-order valence-electron chi connectivity index (χ0n) is 13.5. The van der Waals surface area contributed by atoms with Crippen LogP contribution in [0.5, 0.6) is 0 Å². The summed E-state index contributed by atoms with van der Waals surface area (Å²) in [5.41, 5.74) is 2.58. The molecule has 126 valence electrons. The van der Waals surface area contributed by atoms with E-state index in [4.69, 9.17) is 0 Å². The lowest BCUT2D eigenvalue weighted by atomic mass is 9.97. The molecule has 4 amide bonds. The molecule has 1 aliphatic heterocycles. The molecule has 1 heterocycles. The molecule has 0 bridgehead atoms. The van der Waals surface area contributed by atoms with Gasteiger partial charge in [0.2, 0.25) is 5.91 Å². The fourth-order valence-corrected chi connectivity index (χ4v) is 3.01. The molecule has 0 atom stereocenters. The molecule has 6 heteroatoms. The van der Waals surface area contributed by atoms with Crippen LogP contribution in [0, 0.1) is 0 Å². The molecule has 24 heavy (non-hydrogen) atoms. The van der Waals surface area contributed by atoms with Crippen molar-refractivity contribution in [3.63, 3.8) is 0 Å². The summed E-state index contributed by atoms with van der Waals surface area (Å²) in [5.74, 6) is -0.446. The number of amides is 4. The number of nitrogens with one attached hydrogen (secondary N) is 2. The SMILES string of the molecule is O=C1CN(c2ccc(C(=O)NCCC3=CCCCC3)cc2)C(=O)N1. The Morgan fingerprint density at radius 3 is 2.58 bits per heavy atom. The summed E-state index contributed by atoms with van der Waals surface area (Å²) >= 11 is 0. The van der Waals surface area contributed by atoms with Gasteiger partial charge in [-0.05, 0) is 56.4 Å². The van der Waals surface area contributed by atoms with Gasteiger partial charge in [0.05, 0.1) is 0 Å². The van der Waals surface area contributed by atoms with Crippen molar-refractivity contribution in [3.05, 3.63) is 41.5 Å². The molecule has 1 aliphatic carbocycles. The summed E-state index contributed by atoms with van der Waals surface area (Å²) in [6.07, 6.45) is 7.99. The molecule has 1 saturated heterocycles. The van der Waals surface area contributed by atoms with Gasteiger partial charge in [-0.3, -0.25) is 19.8 Å². The largest absolute Gasteiger partial charge is 0.352 e. The van der Waals surface area contributed by atoms with Gasteiger partial charge in [0.1, 0.15) is 6.54 Å². The number of hydrogen-bond donors (Lipinski definition) is 2. The molecule has 0 unspecified atom stereocenters. The third-order valence-corrected chi connectivity index (χ3v) is 4.35. The van der Waals surface area contributed by atoms with E-state index in [2.05, 4.69) is 16.7 Å². The maximum atomic E-state index is 12.2. The molecule has 2 N–H and O–H groups in total. The van der Waals surface area contributed by atoms with Crippen LogP contribution in [0.4, 0.5) is 10.5 Å². The number of nitrogens with zero attached hydrogens (tertiary/aromatic N) is 1. The van der Waals surface area contributed by atoms with Crippen molar-refractivity contribution in [2.24, 2.45) is 0 Å². The van der Waals surface area contributed by atoms with Gasteiger partial charge in [-0.25, -0.2) is 4.79 Å². The fraction of sp³-hybridized carbons (Fsp3) is 0.389. The fourth-order valence-electron chi connectivity index (χ4n) is 3.01. The van der Waals surface area contributed by atoms with E-state index in [1.165, 1.54) is 23.3 Å². The van der Waals surface area contributed by atoms with Gasteiger partial charge < -0.3 is 5.32 Å². The molecule has 1 aromatic carbocycles. The lowest BCUT2D eigenvalue weighted by Crippen LogP contribution is -2.28. The number of benzene rings is 1.